The first kappa shape index (κ1) is 19.2. The Morgan fingerprint density at radius 3 is 1.91 bits per heavy atom. The van der Waals surface area contributed by atoms with Gasteiger partial charge in [-0.15, -0.1) is 0 Å². The zero-order valence-corrected chi connectivity index (χ0v) is 16.3. The smallest absolute Gasteiger partial charge is 0.234 e. The zero-order chi connectivity index (χ0) is 16.7. The average molecular weight is 341 g/mol. The quantitative estimate of drug-likeness (QED) is 0.294. The highest BCUT2D eigenvalue weighted by atomic mass is 29.3. The Labute approximate surface area is 135 Å². The van der Waals surface area contributed by atoms with Gasteiger partial charge < -0.3 is 4.43 Å². The molecule has 0 unspecified atom stereocenters. The summed E-state index contributed by atoms with van der Waals surface area (Å²) in [5.74, 6) is 0. The Balaban J connectivity index is 2.77. The van der Waals surface area contributed by atoms with Crippen LogP contribution in [-0.4, -0.2) is 46.3 Å². The largest absolute Gasteiger partial charge is 0.415 e. The van der Waals surface area contributed by atoms with Gasteiger partial charge in [-0.3, -0.25) is 0 Å². The van der Waals surface area contributed by atoms with E-state index in [1.54, 1.807) is 12.2 Å². The van der Waals surface area contributed by atoms with Crippen LogP contribution in [-0.2, 0) is 14.0 Å². The van der Waals surface area contributed by atoms with Crippen LogP contribution >= 0.6 is 0 Å². The lowest BCUT2D eigenvalue weighted by Gasteiger charge is -2.52. The molecular weight excluding hydrogens is 312 g/mol. The van der Waals surface area contributed by atoms with Gasteiger partial charge in [-0.05, 0) is 45.2 Å². The summed E-state index contributed by atoms with van der Waals surface area (Å²) >= 11 is 0. The molecule has 0 N–H and O–H groups in total. The third-order valence-corrected chi connectivity index (χ3v) is 21.8. The van der Waals surface area contributed by atoms with Gasteiger partial charge in [-0.25, -0.2) is 19.6 Å². The first-order valence-electron chi connectivity index (χ1n) is 8.06. The van der Waals surface area contributed by atoms with E-state index in [2.05, 4.69) is 36.2 Å². The zero-order valence-electron chi connectivity index (χ0n) is 14.3. The van der Waals surface area contributed by atoms with E-state index in [4.69, 9.17) is 4.43 Å². The summed E-state index contributed by atoms with van der Waals surface area (Å²) in [5.41, 5.74) is -0.116. The predicted octanol–water partition coefficient (Wildman–Crippen LogP) is 3.37. The van der Waals surface area contributed by atoms with Gasteiger partial charge >= 0.3 is 0 Å². The molecule has 1 heterocycles. The minimum absolute atomic E-state index is 0.116. The average Bonchev–Trinajstić information content (AvgIpc) is 2.44. The Hall–Kier alpha value is -0.846. The summed E-state index contributed by atoms with van der Waals surface area (Å²) in [6.45, 7) is 10.6. The van der Waals surface area contributed by atoms with E-state index in [-0.39, 0.29) is 5.60 Å². The van der Waals surface area contributed by atoms with Crippen molar-refractivity contribution in [3.8, 4) is 0 Å². The van der Waals surface area contributed by atoms with E-state index < -0.39 is 15.4 Å². The van der Waals surface area contributed by atoms with Gasteiger partial charge in [-0.1, -0.05) is 19.1 Å². The maximum absolute atomic E-state index is 10.2. The molecule has 0 bridgehead atoms. The van der Waals surface area contributed by atoms with Crippen LogP contribution in [0.25, 0.3) is 0 Å². The van der Waals surface area contributed by atoms with Gasteiger partial charge in [0.15, 0.2) is 7.83 Å². The minimum atomic E-state index is -1.67. The molecule has 1 aliphatic rings. The fraction of sp³-hybridized carbons (Fsp3) is 0.867. The summed E-state index contributed by atoms with van der Waals surface area (Å²) in [6.07, 6.45) is 7.81. The number of carbonyl (C=O) groups excluding carboxylic acids is 2. The van der Waals surface area contributed by atoms with E-state index in [9.17, 15) is 9.59 Å². The second kappa shape index (κ2) is 8.13. The highest BCUT2D eigenvalue weighted by Crippen LogP contribution is 2.43. The molecule has 5 nitrogen and oxygen atoms in total. The first-order chi connectivity index (χ1) is 10.3. The lowest BCUT2D eigenvalue weighted by Crippen LogP contribution is -2.65. The molecule has 1 saturated heterocycles. The van der Waals surface area contributed by atoms with E-state index in [1.807, 2.05) is 0 Å². The molecular formula is C15H28N2O3Si2. The number of isocyanates is 2. The molecule has 0 amide bonds. The second-order valence-electron chi connectivity index (χ2n) is 7.33. The van der Waals surface area contributed by atoms with Gasteiger partial charge in [0.1, 0.15) is 0 Å². The molecule has 0 saturated carbocycles. The Bertz CT molecular complexity index is 443. The summed E-state index contributed by atoms with van der Waals surface area (Å²) in [6, 6.07) is 1.29. The third kappa shape index (κ3) is 5.11. The molecule has 22 heavy (non-hydrogen) atoms. The Morgan fingerprint density at radius 2 is 1.50 bits per heavy atom. The summed E-state index contributed by atoms with van der Waals surface area (Å²) in [4.78, 5) is 27.7. The third-order valence-electron chi connectivity index (χ3n) is 5.24. The van der Waals surface area contributed by atoms with Gasteiger partial charge in [0.05, 0.1) is 26.3 Å². The topological polar surface area (TPSA) is 68.1 Å². The van der Waals surface area contributed by atoms with Crippen molar-refractivity contribution in [3.05, 3.63) is 0 Å². The van der Waals surface area contributed by atoms with Crippen molar-refractivity contribution in [3.63, 3.8) is 0 Å². The maximum Gasteiger partial charge on any atom is 0.234 e. The summed E-state index contributed by atoms with van der Waals surface area (Å²) < 4.78 is 6.76. The van der Waals surface area contributed by atoms with Gasteiger partial charge in [-0.2, -0.15) is 0 Å². The van der Waals surface area contributed by atoms with Crippen LogP contribution in [0, 0.1) is 0 Å². The lowest BCUT2D eigenvalue weighted by atomic mass is 9.89. The number of aliphatic imine (C=N–C) groups is 2. The molecule has 0 aliphatic carbocycles. The molecule has 0 atom stereocenters. The monoisotopic (exact) mass is 340 g/mol. The number of nitrogens with zero attached hydrogens (tertiary/aromatic N) is 2. The van der Waals surface area contributed by atoms with Crippen molar-refractivity contribution in [1.29, 1.82) is 0 Å². The lowest BCUT2D eigenvalue weighted by molar-refractivity contribution is 0.0324. The van der Waals surface area contributed by atoms with Gasteiger partial charge in [0, 0.05) is 0 Å². The normalized spacial score (nSPS) is 25.8. The molecule has 0 radical (unpaired) electrons. The first-order valence-corrected chi connectivity index (χ1v) is 15.2. The van der Waals surface area contributed by atoms with Gasteiger partial charge in [0.25, 0.3) is 0 Å². The molecule has 7 heteroatoms. The van der Waals surface area contributed by atoms with Crippen LogP contribution in [0.1, 0.15) is 32.1 Å². The number of hydrogen-bond donors (Lipinski definition) is 0. The second-order valence-corrected chi connectivity index (χ2v) is 22.5. The van der Waals surface area contributed by atoms with Crippen LogP contribution < -0.4 is 0 Å². The standard InChI is InChI=1S/C15H28N2O3Si2/c1-21(2)12-9-15(20-22(21,3)4,7-5-10-16-13-18)8-6-11-17-14-19/h5-12H2,1-4H3. The Morgan fingerprint density at radius 1 is 1.00 bits per heavy atom. The highest BCUT2D eigenvalue weighted by Gasteiger charge is 2.52. The predicted molar refractivity (Wildman–Crippen MR) is 92.6 cm³/mol. The van der Waals surface area contributed by atoms with E-state index in [0.29, 0.717) is 13.1 Å². The fourth-order valence-corrected chi connectivity index (χ4v) is 10.1. The van der Waals surface area contributed by atoms with Crippen molar-refractivity contribution < 1.29 is 14.0 Å². The van der Waals surface area contributed by atoms with Crippen LogP contribution in [0.5, 0.6) is 0 Å². The van der Waals surface area contributed by atoms with E-state index in [1.165, 1.54) is 6.04 Å². The fourth-order valence-electron chi connectivity index (χ4n) is 3.10. The molecule has 0 aromatic heterocycles. The minimum Gasteiger partial charge on any atom is -0.415 e. The molecule has 0 aromatic rings. The van der Waals surface area contributed by atoms with E-state index >= 15 is 0 Å². The van der Waals surface area contributed by atoms with Crippen molar-refractivity contribution in [2.75, 3.05) is 13.1 Å². The number of rotatable bonds is 8. The van der Waals surface area contributed by atoms with Crippen molar-refractivity contribution in [1.82, 2.24) is 0 Å². The van der Waals surface area contributed by atoms with Crippen molar-refractivity contribution >= 4 is 27.6 Å². The molecule has 0 aromatic carbocycles. The highest BCUT2D eigenvalue weighted by molar-refractivity contribution is 7.38. The van der Waals surface area contributed by atoms with Gasteiger partial charge in [0.2, 0.25) is 12.2 Å². The molecule has 1 fully saturated rings. The SMILES string of the molecule is C[Si]1(C)CCC(CCCN=C=O)(CCCN=C=O)O[Si]1(C)C. The maximum atomic E-state index is 10.2. The molecule has 0 spiro atoms. The summed E-state index contributed by atoms with van der Waals surface area (Å²) in [5, 5.41) is 0. The molecule has 124 valence electrons. The Kier molecular flexibility index (Phi) is 7.10. The van der Waals surface area contributed by atoms with Crippen LogP contribution in [0.4, 0.5) is 0 Å². The van der Waals surface area contributed by atoms with Crippen LogP contribution in [0.2, 0.25) is 32.2 Å². The van der Waals surface area contributed by atoms with Crippen molar-refractivity contribution in [2.45, 2.75) is 69.9 Å². The van der Waals surface area contributed by atoms with E-state index in [0.717, 1.165) is 32.1 Å². The molecule has 1 aliphatic heterocycles. The number of hydrogen-bond acceptors (Lipinski definition) is 5. The van der Waals surface area contributed by atoms with Crippen molar-refractivity contribution in [2.24, 2.45) is 9.98 Å². The van der Waals surface area contributed by atoms with Crippen LogP contribution in [0.15, 0.2) is 9.98 Å². The summed E-state index contributed by atoms with van der Waals surface area (Å²) in [7, 11) is -2.94. The van der Waals surface area contributed by atoms with Crippen LogP contribution in [0.3, 0.4) is 0 Å². The molecule has 1 rings (SSSR count).